The first kappa shape index (κ1) is 14.0. The molecule has 0 saturated carbocycles. The molecule has 7 heteroatoms. The molecular formula is C13H12N2O4S. The van der Waals surface area contributed by atoms with Crippen LogP contribution in [0.25, 0.3) is 0 Å². The van der Waals surface area contributed by atoms with Crippen molar-refractivity contribution in [3.05, 3.63) is 64.2 Å². The predicted molar refractivity (Wildman–Crippen MR) is 75.1 cm³/mol. The molecule has 2 aromatic carbocycles. The van der Waals surface area contributed by atoms with Crippen LogP contribution in [-0.4, -0.2) is 13.3 Å². The summed E-state index contributed by atoms with van der Waals surface area (Å²) in [6.45, 7) is 1.79. The predicted octanol–water partition coefficient (Wildman–Crippen LogP) is 2.70. The number of nitrogens with zero attached hydrogens (tertiary/aromatic N) is 1. The van der Waals surface area contributed by atoms with E-state index in [1.807, 2.05) is 0 Å². The number of non-ortho nitro benzene ring substituents is 1. The van der Waals surface area contributed by atoms with Gasteiger partial charge in [0, 0.05) is 12.1 Å². The summed E-state index contributed by atoms with van der Waals surface area (Å²) in [7, 11) is -3.75. The summed E-state index contributed by atoms with van der Waals surface area (Å²) in [6, 6.07) is 11.7. The summed E-state index contributed by atoms with van der Waals surface area (Å²) in [6.07, 6.45) is 0. The second-order valence-electron chi connectivity index (χ2n) is 4.17. The van der Waals surface area contributed by atoms with Crippen molar-refractivity contribution < 1.29 is 13.3 Å². The highest BCUT2D eigenvalue weighted by atomic mass is 32.2. The van der Waals surface area contributed by atoms with Gasteiger partial charge in [0.15, 0.2) is 0 Å². The number of sulfonamides is 1. The van der Waals surface area contributed by atoms with E-state index in [0.29, 0.717) is 5.69 Å². The molecule has 0 amide bonds. The van der Waals surface area contributed by atoms with Crippen LogP contribution in [0.3, 0.4) is 0 Å². The van der Waals surface area contributed by atoms with Gasteiger partial charge in [-0.15, -0.1) is 0 Å². The normalized spacial score (nSPS) is 11.1. The van der Waals surface area contributed by atoms with Crippen LogP contribution in [0.15, 0.2) is 53.4 Å². The van der Waals surface area contributed by atoms with Crippen molar-refractivity contribution >= 4 is 21.4 Å². The van der Waals surface area contributed by atoms with Crippen molar-refractivity contribution in [1.82, 2.24) is 0 Å². The molecule has 104 valence electrons. The monoisotopic (exact) mass is 292 g/mol. The lowest BCUT2D eigenvalue weighted by atomic mass is 10.2. The highest BCUT2D eigenvalue weighted by molar-refractivity contribution is 7.92. The number of anilines is 1. The molecule has 0 heterocycles. The molecule has 0 saturated heterocycles. The quantitative estimate of drug-likeness (QED) is 0.693. The molecule has 0 unspecified atom stereocenters. The molecule has 0 atom stereocenters. The summed E-state index contributed by atoms with van der Waals surface area (Å²) < 4.78 is 26.8. The van der Waals surface area contributed by atoms with E-state index in [9.17, 15) is 18.5 Å². The van der Waals surface area contributed by atoms with Gasteiger partial charge in [-0.3, -0.25) is 14.8 Å². The number of benzene rings is 2. The molecule has 2 rings (SSSR count). The summed E-state index contributed by atoms with van der Waals surface area (Å²) in [5.74, 6) is 0. The van der Waals surface area contributed by atoms with Crippen molar-refractivity contribution in [1.29, 1.82) is 0 Å². The smallest absolute Gasteiger partial charge is 0.269 e. The first-order chi connectivity index (χ1) is 9.40. The number of nitrogens with one attached hydrogen (secondary N) is 1. The first-order valence-corrected chi connectivity index (χ1v) is 7.21. The van der Waals surface area contributed by atoms with Crippen molar-refractivity contribution in [3.8, 4) is 0 Å². The van der Waals surface area contributed by atoms with Gasteiger partial charge in [0.25, 0.3) is 15.7 Å². The molecule has 0 radical (unpaired) electrons. The minimum atomic E-state index is -3.75. The Labute approximate surface area is 116 Å². The Kier molecular flexibility index (Phi) is 3.71. The zero-order valence-electron chi connectivity index (χ0n) is 10.6. The third-order valence-corrected chi connectivity index (χ3v) is 4.13. The lowest BCUT2D eigenvalue weighted by Crippen LogP contribution is -2.13. The lowest BCUT2D eigenvalue weighted by Gasteiger charge is -2.10. The molecule has 0 aromatic heterocycles. The van der Waals surface area contributed by atoms with Gasteiger partial charge in [-0.05, 0) is 30.7 Å². The Morgan fingerprint density at radius 2 is 1.65 bits per heavy atom. The van der Waals surface area contributed by atoms with Gasteiger partial charge in [-0.25, -0.2) is 8.42 Å². The van der Waals surface area contributed by atoms with E-state index in [4.69, 9.17) is 0 Å². The molecule has 6 nitrogen and oxygen atoms in total. The molecule has 0 bridgehead atoms. The van der Waals surface area contributed by atoms with Crippen LogP contribution in [0, 0.1) is 17.0 Å². The van der Waals surface area contributed by atoms with Crippen LogP contribution in [-0.2, 0) is 10.0 Å². The zero-order chi connectivity index (χ0) is 14.8. The number of nitro benzene ring substituents is 1. The van der Waals surface area contributed by atoms with Crippen molar-refractivity contribution in [2.75, 3.05) is 4.72 Å². The Morgan fingerprint density at radius 1 is 1.05 bits per heavy atom. The van der Waals surface area contributed by atoms with Crippen LogP contribution in [0.4, 0.5) is 11.4 Å². The van der Waals surface area contributed by atoms with E-state index in [0.717, 1.165) is 17.7 Å². The summed E-state index contributed by atoms with van der Waals surface area (Å²) in [4.78, 5) is 9.94. The molecular weight excluding hydrogens is 280 g/mol. The summed E-state index contributed by atoms with van der Waals surface area (Å²) >= 11 is 0. The summed E-state index contributed by atoms with van der Waals surface area (Å²) in [5, 5.41) is 10.5. The largest absolute Gasteiger partial charge is 0.279 e. The van der Waals surface area contributed by atoms with Crippen LogP contribution >= 0.6 is 0 Å². The fraction of sp³-hybridized carbons (Fsp3) is 0.0769. The Bertz CT molecular complexity index is 739. The minimum absolute atomic E-state index is 0.0219. The number of hydrogen-bond acceptors (Lipinski definition) is 4. The van der Waals surface area contributed by atoms with Crippen LogP contribution in [0.5, 0.6) is 0 Å². The van der Waals surface area contributed by atoms with Crippen LogP contribution in [0.1, 0.15) is 5.56 Å². The number of aryl methyl sites for hydroxylation is 1. The maximum Gasteiger partial charge on any atom is 0.269 e. The molecule has 0 aliphatic rings. The third-order valence-electron chi connectivity index (χ3n) is 2.75. The van der Waals surface area contributed by atoms with E-state index in [2.05, 4.69) is 4.72 Å². The molecule has 1 N–H and O–H groups in total. The topological polar surface area (TPSA) is 89.3 Å². The molecule has 0 fully saturated rings. The van der Waals surface area contributed by atoms with E-state index >= 15 is 0 Å². The first-order valence-electron chi connectivity index (χ1n) is 5.73. The SMILES string of the molecule is Cc1ccccc1NS(=O)(=O)c1ccc([N+](=O)[O-])cc1. The maximum absolute atomic E-state index is 12.2. The highest BCUT2D eigenvalue weighted by Crippen LogP contribution is 2.21. The van der Waals surface area contributed by atoms with Gasteiger partial charge >= 0.3 is 0 Å². The lowest BCUT2D eigenvalue weighted by molar-refractivity contribution is -0.384. The van der Waals surface area contributed by atoms with Crippen molar-refractivity contribution in [2.45, 2.75) is 11.8 Å². The Balaban J connectivity index is 2.31. The van der Waals surface area contributed by atoms with Crippen molar-refractivity contribution in [2.24, 2.45) is 0 Å². The Morgan fingerprint density at radius 3 is 2.20 bits per heavy atom. The molecule has 0 aliphatic heterocycles. The van der Waals surface area contributed by atoms with Gasteiger partial charge in [-0.2, -0.15) is 0 Å². The van der Waals surface area contributed by atoms with E-state index in [1.54, 1.807) is 31.2 Å². The van der Waals surface area contributed by atoms with Crippen LogP contribution < -0.4 is 4.72 Å². The number of nitro groups is 1. The van der Waals surface area contributed by atoms with Crippen molar-refractivity contribution in [3.63, 3.8) is 0 Å². The van der Waals surface area contributed by atoms with E-state index in [-0.39, 0.29) is 10.6 Å². The zero-order valence-corrected chi connectivity index (χ0v) is 11.4. The fourth-order valence-corrected chi connectivity index (χ4v) is 2.77. The van der Waals surface area contributed by atoms with E-state index < -0.39 is 14.9 Å². The molecule has 0 spiro atoms. The fourth-order valence-electron chi connectivity index (χ4n) is 1.64. The highest BCUT2D eigenvalue weighted by Gasteiger charge is 2.16. The van der Waals surface area contributed by atoms with Gasteiger partial charge in [-0.1, -0.05) is 18.2 Å². The Hall–Kier alpha value is -2.41. The number of para-hydroxylation sites is 1. The number of hydrogen-bond donors (Lipinski definition) is 1. The van der Waals surface area contributed by atoms with Gasteiger partial charge < -0.3 is 0 Å². The maximum atomic E-state index is 12.2. The molecule has 20 heavy (non-hydrogen) atoms. The molecule has 2 aromatic rings. The van der Waals surface area contributed by atoms with Crippen LogP contribution in [0.2, 0.25) is 0 Å². The average Bonchev–Trinajstić information content (AvgIpc) is 2.41. The van der Waals surface area contributed by atoms with Gasteiger partial charge in [0.2, 0.25) is 0 Å². The number of rotatable bonds is 4. The second kappa shape index (κ2) is 5.30. The third kappa shape index (κ3) is 2.94. The average molecular weight is 292 g/mol. The second-order valence-corrected chi connectivity index (χ2v) is 5.85. The molecule has 0 aliphatic carbocycles. The standard InChI is InChI=1S/C13H12N2O4S/c1-10-4-2-3-5-13(10)14-20(18,19)12-8-6-11(7-9-12)15(16)17/h2-9,14H,1H3. The van der Waals surface area contributed by atoms with E-state index in [1.165, 1.54) is 12.1 Å². The summed E-state index contributed by atoms with van der Waals surface area (Å²) in [5.41, 5.74) is 1.11. The minimum Gasteiger partial charge on any atom is -0.279 e. The van der Waals surface area contributed by atoms with Gasteiger partial charge in [0.1, 0.15) is 0 Å². The van der Waals surface area contributed by atoms with Gasteiger partial charge in [0.05, 0.1) is 15.5 Å².